The van der Waals surface area contributed by atoms with Crippen LogP contribution >= 0.6 is 11.8 Å². The van der Waals surface area contributed by atoms with Crippen molar-refractivity contribution in [3.63, 3.8) is 0 Å². The minimum Gasteiger partial charge on any atom is -0.465 e. The summed E-state index contributed by atoms with van der Waals surface area (Å²) in [7, 11) is 1.35. The van der Waals surface area contributed by atoms with Gasteiger partial charge in [-0.2, -0.15) is 4.68 Å². The van der Waals surface area contributed by atoms with Crippen molar-refractivity contribution in [3.05, 3.63) is 65.5 Å². The zero-order valence-electron chi connectivity index (χ0n) is 12.7. The number of rotatable bonds is 5. The van der Waals surface area contributed by atoms with Gasteiger partial charge in [0.25, 0.3) is 0 Å². The van der Waals surface area contributed by atoms with E-state index in [1.807, 2.05) is 12.1 Å². The molecule has 0 radical (unpaired) electrons. The highest BCUT2D eigenvalue weighted by Crippen LogP contribution is 2.23. The maximum absolute atomic E-state index is 13.3. The average Bonchev–Trinajstić information content (AvgIpc) is 3.08. The molecule has 1 heterocycles. The molecule has 8 heteroatoms. The Labute approximate surface area is 141 Å². The fraction of sp³-hybridized carbons (Fsp3) is 0.125. The van der Waals surface area contributed by atoms with Gasteiger partial charge in [-0.15, -0.1) is 5.10 Å². The molecule has 0 aliphatic rings. The number of thioether (sulfide) groups is 1. The number of methoxy groups -OCH3 is 1. The predicted molar refractivity (Wildman–Crippen MR) is 86.5 cm³/mol. The highest BCUT2D eigenvalue weighted by Gasteiger charge is 2.10. The molecule has 0 N–H and O–H groups in total. The summed E-state index contributed by atoms with van der Waals surface area (Å²) >= 11 is 1.42. The number of carbonyl (C=O) groups excluding carboxylic acids is 1. The van der Waals surface area contributed by atoms with E-state index in [2.05, 4.69) is 20.3 Å². The number of aromatic nitrogens is 4. The number of hydrogen-bond acceptors (Lipinski definition) is 6. The molecule has 0 saturated heterocycles. The maximum atomic E-state index is 13.3. The first-order chi connectivity index (χ1) is 11.7. The van der Waals surface area contributed by atoms with Crippen LogP contribution in [0.1, 0.15) is 15.9 Å². The van der Waals surface area contributed by atoms with Crippen molar-refractivity contribution in [2.24, 2.45) is 0 Å². The molecule has 0 saturated carbocycles. The topological polar surface area (TPSA) is 69.9 Å². The second kappa shape index (κ2) is 7.22. The molecular formula is C16H13FN4O2S. The lowest BCUT2D eigenvalue weighted by Gasteiger charge is -2.05. The number of carbonyl (C=O) groups is 1. The standard InChI is InChI=1S/C16H13FN4O2S/c1-23-15(22)12-7-5-11(6-8-12)10-24-16-18-19-20-21(16)14-4-2-3-13(17)9-14/h2-9H,10H2,1H3. The second-order valence-electron chi connectivity index (χ2n) is 4.83. The maximum Gasteiger partial charge on any atom is 0.337 e. The summed E-state index contributed by atoms with van der Waals surface area (Å²) in [6.07, 6.45) is 0. The summed E-state index contributed by atoms with van der Waals surface area (Å²) in [4.78, 5) is 11.4. The first kappa shape index (κ1) is 16.1. The lowest BCUT2D eigenvalue weighted by atomic mass is 10.1. The Hall–Kier alpha value is -2.74. The monoisotopic (exact) mass is 344 g/mol. The van der Waals surface area contributed by atoms with E-state index >= 15 is 0 Å². The predicted octanol–water partition coefficient (Wildman–Crippen LogP) is 2.88. The molecule has 24 heavy (non-hydrogen) atoms. The number of halogens is 1. The van der Waals surface area contributed by atoms with E-state index in [-0.39, 0.29) is 11.8 Å². The number of nitrogens with zero attached hydrogens (tertiary/aromatic N) is 4. The Morgan fingerprint density at radius 2 is 2.04 bits per heavy atom. The fourth-order valence-electron chi connectivity index (χ4n) is 2.04. The van der Waals surface area contributed by atoms with Gasteiger partial charge in [0.1, 0.15) is 5.82 Å². The van der Waals surface area contributed by atoms with Crippen LogP contribution in [0.2, 0.25) is 0 Å². The molecular weight excluding hydrogens is 331 g/mol. The lowest BCUT2D eigenvalue weighted by Crippen LogP contribution is -2.01. The highest BCUT2D eigenvalue weighted by molar-refractivity contribution is 7.98. The summed E-state index contributed by atoms with van der Waals surface area (Å²) in [6.45, 7) is 0. The van der Waals surface area contributed by atoms with Gasteiger partial charge in [-0.1, -0.05) is 30.0 Å². The molecule has 0 spiro atoms. The van der Waals surface area contributed by atoms with Gasteiger partial charge in [-0.3, -0.25) is 0 Å². The molecule has 3 rings (SSSR count). The van der Waals surface area contributed by atoms with Crippen LogP contribution in [0.15, 0.2) is 53.7 Å². The highest BCUT2D eigenvalue weighted by atomic mass is 32.2. The van der Waals surface area contributed by atoms with E-state index in [0.29, 0.717) is 22.2 Å². The molecule has 0 amide bonds. The first-order valence-electron chi connectivity index (χ1n) is 7.02. The Balaban J connectivity index is 1.72. The van der Waals surface area contributed by atoms with E-state index in [1.165, 1.54) is 35.7 Å². The number of hydrogen-bond donors (Lipinski definition) is 0. The molecule has 0 unspecified atom stereocenters. The van der Waals surface area contributed by atoms with Crippen molar-refractivity contribution >= 4 is 17.7 Å². The van der Waals surface area contributed by atoms with Gasteiger partial charge in [0, 0.05) is 5.75 Å². The molecule has 6 nitrogen and oxygen atoms in total. The van der Waals surface area contributed by atoms with Crippen LogP contribution in [0, 0.1) is 5.82 Å². The number of benzene rings is 2. The smallest absolute Gasteiger partial charge is 0.337 e. The molecule has 122 valence electrons. The lowest BCUT2D eigenvalue weighted by molar-refractivity contribution is 0.0600. The van der Waals surface area contributed by atoms with Crippen molar-refractivity contribution in [1.82, 2.24) is 20.2 Å². The largest absolute Gasteiger partial charge is 0.465 e. The van der Waals surface area contributed by atoms with E-state index in [9.17, 15) is 9.18 Å². The number of ether oxygens (including phenoxy) is 1. The Morgan fingerprint density at radius 3 is 2.75 bits per heavy atom. The summed E-state index contributed by atoms with van der Waals surface area (Å²) in [5.74, 6) is -0.112. The Kier molecular flexibility index (Phi) is 4.85. The van der Waals surface area contributed by atoms with Crippen LogP contribution in [0.3, 0.4) is 0 Å². The van der Waals surface area contributed by atoms with Crippen LogP contribution in [0.5, 0.6) is 0 Å². The van der Waals surface area contributed by atoms with Crippen molar-refractivity contribution in [3.8, 4) is 5.69 Å². The van der Waals surface area contributed by atoms with Gasteiger partial charge in [0.2, 0.25) is 5.16 Å². The van der Waals surface area contributed by atoms with Crippen molar-refractivity contribution in [2.45, 2.75) is 10.9 Å². The number of esters is 1. The third kappa shape index (κ3) is 3.60. The van der Waals surface area contributed by atoms with Crippen molar-refractivity contribution in [2.75, 3.05) is 7.11 Å². The summed E-state index contributed by atoms with van der Waals surface area (Å²) in [5, 5.41) is 12.1. The van der Waals surface area contributed by atoms with Crippen LogP contribution in [-0.2, 0) is 10.5 Å². The molecule has 0 bridgehead atoms. The van der Waals surface area contributed by atoms with Crippen LogP contribution in [0.4, 0.5) is 4.39 Å². The zero-order valence-corrected chi connectivity index (χ0v) is 13.5. The van der Waals surface area contributed by atoms with Crippen molar-refractivity contribution < 1.29 is 13.9 Å². The van der Waals surface area contributed by atoms with E-state index in [4.69, 9.17) is 0 Å². The zero-order chi connectivity index (χ0) is 16.9. The second-order valence-corrected chi connectivity index (χ2v) is 5.77. The molecule has 1 aromatic heterocycles. The Morgan fingerprint density at radius 1 is 1.25 bits per heavy atom. The average molecular weight is 344 g/mol. The third-order valence-corrected chi connectivity index (χ3v) is 4.23. The first-order valence-corrected chi connectivity index (χ1v) is 8.00. The van der Waals surface area contributed by atoms with Crippen LogP contribution < -0.4 is 0 Å². The van der Waals surface area contributed by atoms with Gasteiger partial charge < -0.3 is 4.74 Å². The van der Waals surface area contributed by atoms with Crippen LogP contribution in [0.25, 0.3) is 5.69 Å². The summed E-state index contributed by atoms with van der Waals surface area (Å²) in [5.41, 5.74) is 2.06. The molecule has 0 atom stereocenters. The van der Waals surface area contributed by atoms with Crippen LogP contribution in [-0.4, -0.2) is 33.3 Å². The van der Waals surface area contributed by atoms with E-state index in [1.54, 1.807) is 24.3 Å². The summed E-state index contributed by atoms with van der Waals surface area (Å²) < 4.78 is 19.5. The van der Waals surface area contributed by atoms with E-state index < -0.39 is 0 Å². The molecule has 2 aromatic carbocycles. The van der Waals surface area contributed by atoms with E-state index in [0.717, 1.165) is 5.56 Å². The molecule has 0 aliphatic heterocycles. The van der Waals surface area contributed by atoms with Gasteiger partial charge in [0.05, 0.1) is 18.4 Å². The number of tetrazole rings is 1. The minimum atomic E-state index is -0.371. The van der Waals surface area contributed by atoms with Gasteiger partial charge in [0.15, 0.2) is 0 Å². The fourth-order valence-corrected chi connectivity index (χ4v) is 2.89. The normalized spacial score (nSPS) is 10.6. The molecule has 0 fully saturated rings. The third-order valence-electron chi connectivity index (χ3n) is 3.24. The van der Waals surface area contributed by atoms with Gasteiger partial charge in [-0.05, 0) is 46.3 Å². The minimum absolute atomic E-state index is 0.350. The quantitative estimate of drug-likeness (QED) is 0.524. The molecule has 3 aromatic rings. The molecule has 0 aliphatic carbocycles. The van der Waals surface area contributed by atoms with Gasteiger partial charge >= 0.3 is 5.97 Å². The Bertz CT molecular complexity index is 851. The van der Waals surface area contributed by atoms with Gasteiger partial charge in [-0.25, -0.2) is 9.18 Å². The van der Waals surface area contributed by atoms with Crippen molar-refractivity contribution in [1.29, 1.82) is 0 Å². The SMILES string of the molecule is COC(=O)c1ccc(CSc2nnnn2-c2cccc(F)c2)cc1. The summed E-state index contributed by atoms with van der Waals surface area (Å²) in [6, 6.07) is 13.2.